The molecule has 1 fully saturated rings. The molecular weight excluding hydrogens is 387 g/mol. The summed E-state index contributed by atoms with van der Waals surface area (Å²) in [6.45, 7) is 1.46. The van der Waals surface area contributed by atoms with Crippen molar-refractivity contribution < 1.29 is 13.2 Å². The topological polar surface area (TPSA) is 76.5 Å². The van der Waals surface area contributed by atoms with Crippen molar-refractivity contribution in [3.05, 3.63) is 41.4 Å². The molecule has 0 amide bonds. The predicted molar refractivity (Wildman–Crippen MR) is 98.0 cm³/mol. The van der Waals surface area contributed by atoms with Crippen LogP contribution in [0.3, 0.4) is 0 Å². The molecule has 0 bridgehead atoms. The lowest BCUT2D eigenvalue weighted by molar-refractivity contribution is 0.258. The van der Waals surface area contributed by atoms with Gasteiger partial charge >= 0.3 is 0 Å². The van der Waals surface area contributed by atoms with Gasteiger partial charge in [-0.3, -0.25) is 0 Å². The van der Waals surface area contributed by atoms with Gasteiger partial charge in [-0.25, -0.2) is 13.4 Å². The molecule has 0 spiro atoms. The molecule has 10 heteroatoms. The Morgan fingerprint density at radius 3 is 2.76 bits per heavy atom. The van der Waals surface area contributed by atoms with Crippen molar-refractivity contribution in [2.75, 3.05) is 26.7 Å². The number of methoxy groups -OCH3 is 1. The number of nitrogens with zero attached hydrogens (tertiary/aromatic N) is 3. The van der Waals surface area contributed by atoms with E-state index in [4.69, 9.17) is 16.3 Å². The third-order valence-electron chi connectivity index (χ3n) is 4.08. The van der Waals surface area contributed by atoms with Gasteiger partial charge in [0, 0.05) is 39.1 Å². The fourth-order valence-electron chi connectivity index (χ4n) is 2.83. The minimum Gasteiger partial charge on any atom is -0.495 e. The Labute approximate surface area is 158 Å². The first-order valence-corrected chi connectivity index (χ1v) is 9.30. The van der Waals surface area contributed by atoms with Gasteiger partial charge in [-0.15, -0.1) is 12.4 Å². The highest BCUT2D eigenvalue weighted by molar-refractivity contribution is 7.89. The summed E-state index contributed by atoms with van der Waals surface area (Å²) in [7, 11) is -0.359. The SMILES string of the molecule is COc1ccc(S(=O)(=O)N2CCNCC2c2nccn2C)cc1Cl.Cl. The molecule has 1 aliphatic heterocycles. The molecule has 1 aromatic carbocycles. The molecule has 1 aliphatic rings. The molecule has 1 N–H and O–H groups in total. The zero-order valence-corrected chi connectivity index (χ0v) is 16.2. The number of benzene rings is 1. The van der Waals surface area contributed by atoms with Crippen LogP contribution in [0.2, 0.25) is 5.02 Å². The molecule has 0 radical (unpaired) electrons. The second kappa shape index (κ2) is 7.92. The van der Waals surface area contributed by atoms with E-state index in [1.807, 2.05) is 11.6 Å². The lowest BCUT2D eigenvalue weighted by atomic mass is 10.2. The van der Waals surface area contributed by atoms with Crippen molar-refractivity contribution in [3.8, 4) is 5.75 Å². The zero-order valence-electron chi connectivity index (χ0n) is 13.8. The van der Waals surface area contributed by atoms with Crippen LogP contribution in [-0.2, 0) is 17.1 Å². The first-order chi connectivity index (χ1) is 11.4. The van der Waals surface area contributed by atoms with Crippen LogP contribution in [-0.4, -0.2) is 49.0 Å². The van der Waals surface area contributed by atoms with Crippen LogP contribution in [0.4, 0.5) is 0 Å². The number of ether oxygens (including phenoxy) is 1. The Bertz CT molecular complexity index is 841. The fourth-order valence-corrected chi connectivity index (χ4v) is 4.77. The van der Waals surface area contributed by atoms with Crippen molar-refractivity contribution in [3.63, 3.8) is 0 Å². The molecule has 7 nitrogen and oxygen atoms in total. The number of aryl methyl sites for hydroxylation is 1. The van der Waals surface area contributed by atoms with Crippen LogP contribution in [0.1, 0.15) is 11.9 Å². The maximum atomic E-state index is 13.1. The summed E-state index contributed by atoms with van der Waals surface area (Å²) in [4.78, 5) is 4.46. The average molecular weight is 407 g/mol. The molecule has 0 saturated carbocycles. The quantitative estimate of drug-likeness (QED) is 0.837. The Kier molecular flexibility index (Phi) is 6.34. The number of hydrogen-bond acceptors (Lipinski definition) is 5. The Morgan fingerprint density at radius 2 is 2.16 bits per heavy atom. The number of rotatable bonds is 4. The maximum absolute atomic E-state index is 13.1. The van der Waals surface area contributed by atoms with Crippen molar-refractivity contribution in [1.29, 1.82) is 0 Å². The number of piperazine rings is 1. The molecule has 138 valence electrons. The van der Waals surface area contributed by atoms with E-state index in [9.17, 15) is 8.42 Å². The van der Waals surface area contributed by atoms with Gasteiger partial charge in [-0.2, -0.15) is 4.31 Å². The number of aromatic nitrogens is 2. The van der Waals surface area contributed by atoms with Crippen LogP contribution >= 0.6 is 24.0 Å². The van der Waals surface area contributed by atoms with Crippen molar-refractivity contribution in [2.45, 2.75) is 10.9 Å². The van der Waals surface area contributed by atoms with Gasteiger partial charge in [0.05, 0.1) is 23.1 Å². The highest BCUT2D eigenvalue weighted by Gasteiger charge is 2.36. The summed E-state index contributed by atoms with van der Waals surface area (Å²) < 4.78 is 34.6. The minimum atomic E-state index is -3.70. The molecule has 1 saturated heterocycles. The van der Waals surface area contributed by atoms with E-state index in [1.165, 1.54) is 23.5 Å². The van der Waals surface area contributed by atoms with E-state index >= 15 is 0 Å². The largest absolute Gasteiger partial charge is 0.495 e. The highest BCUT2D eigenvalue weighted by atomic mass is 35.5. The summed E-state index contributed by atoms with van der Waals surface area (Å²) in [6.07, 6.45) is 3.47. The van der Waals surface area contributed by atoms with Crippen LogP contribution in [0.15, 0.2) is 35.5 Å². The molecule has 2 heterocycles. The number of nitrogens with one attached hydrogen (secondary N) is 1. The summed E-state index contributed by atoms with van der Waals surface area (Å²) in [5.74, 6) is 1.14. The second-order valence-electron chi connectivity index (χ2n) is 5.53. The lowest BCUT2D eigenvalue weighted by Gasteiger charge is -2.34. The summed E-state index contributed by atoms with van der Waals surface area (Å²) in [5.41, 5.74) is 0. The minimum absolute atomic E-state index is 0. The van der Waals surface area contributed by atoms with Gasteiger partial charge in [0.15, 0.2) is 0 Å². The molecule has 25 heavy (non-hydrogen) atoms. The average Bonchev–Trinajstić information content (AvgIpc) is 3.00. The van der Waals surface area contributed by atoms with E-state index in [0.29, 0.717) is 31.2 Å². The molecule has 1 atom stereocenters. The Morgan fingerprint density at radius 1 is 1.40 bits per heavy atom. The first-order valence-electron chi connectivity index (χ1n) is 7.48. The second-order valence-corrected chi connectivity index (χ2v) is 7.83. The molecule has 2 aromatic rings. The van der Waals surface area contributed by atoms with Gasteiger partial charge < -0.3 is 14.6 Å². The van der Waals surface area contributed by atoms with Crippen LogP contribution in [0.25, 0.3) is 0 Å². The van der Waals surface area contributed by atoms with Gasteiger partial charge in [-0.05, 0) is 18.2 Å². The zero-order chi connectivity index (χ0) is 17.3. The van der Waals surface area contributed by atoms with Crippen molar-refractivity contribution >= 4 is 34.0 Å². The molecule has 0 aliphatic carbocycles. The standard InChI is InChI=1S/C15H19ClN4O3S.ClH/c1-19-7-6-18-15(19)13-10-17-5-8-20(13)24(21,22)11-3-4-14(23-2)12(16)9-11;/h3-4,6-7,9,13,17H,5,8,10H2,1-2H3;1H. The number of hydrogen-bond donors (Lipinski definition) is 1. The van der Waals surface area contributed by atoms with Crippen LogP contribution in [0, 0.1) is 0 Å². The van der Waals surface area contributed by atoms with Gasteiger partial charge in [0.25, 0.3) is 0 Å². The normalized spacial score (nSPS) is 18.6. The van der Waals surface area contributed by atoms with Crippen LogP contribution in [0.5, 0.6) is 5.75 Å². The molecule has 1 unspecified atom stereocenters. The Hall–Kier alpha value is -1.32. The number of imidazole rings is 1. The van der Waals surface area contributed by atoms with Gasteiger partial charge in [0.1, 0.15) is 11.6 Å². The third-order valence-corrected chi connectivity index (χ3v) is 6.28. The summed E-state index contributed by atoms with van der Waals surface area (Å²) in [6, 6.07) is 4.13. The van der Waals surface area contributed by atoms with Crippen LogP contribution < -0.4 is 10.1 Å². The lowest BCUT2D eigenvalue weighted by Crippen LogP contribution is -2.49. The summed E-state index contributed by atoms with van der Waals surface area (Å²) in [5, 5.41) is 3.49. The van der Waals surface area contributed by atoms with E-state index in [-0.39, 0.29) is 28.4 Å². The monoisotopic (exact) mass is 406 g/mol. The van der Waals surface area contributed by atoms with Gasteiger partial charge in [-0.1, -0.05) is 11.6 Å². The first kappa shape index (κ1) is 20.0. The molecule has 1 aromatic heterocycles. The molecule has 3 rings (SSSR count). The highest BCUT2D eigenvalue weighted by Crippen LogP contribution is 2.32. The molecular formula is C15H20Cl2N4O3S. The van der Waals surface area contributed by atoms with E-state index in [0.717, 1.165) is 0 Å². The predicted octanol–water partition coefficient (Wildman–Crippen LogP) is 1.84. The third kappa shape index (κ3) is 3.78. The van der Waals surface area contributed by atoms with Crippen molar-refractivity contribution in [1.82, 2.24) is 19.2 Å². The number of sulfonamides is 1. The van der Waals surface area contributed by atoms with Gasteiger partial charge in [0.2, 0.25) is 10.0 Å². The Balaban J connectivity index is 0.00000225. The van der Waals surface area contributed by atoms with E-state index in [1.54, 1.807) is 18.5 Å². The fraction of sp³-hybridized carbons (Fsp3) is 0.400. The van der Waals surface area contributed by atoms with E-state index in [2.05, 4.69) is 10.3 Å². The maximum Gasteiger partial charge on any atom is 0.243 e. The number of halogens is 2. The summed E-state index contributed by atoms with van der Waals surface area (Å²) >= 11 is 6.10. The smallest absolute Gasteiger partial charge is 0.243 e. The van der Waals surface area contributed by atoms with E-state index < -0.39 is 10.0 Å². The van der Waals surface area contributed by atoms with Crippen molar-refractivity contribution in [2.24, 2.45) is 7.05 Å².